The number of hydrogen-bond donors (Lipinski definition) is 1. The van der Waals surface area contributed by atoms with Crippen molar-refractivity contribution in [1.29, 1.82) is 0 Å². The average Bonchev–Trinajstić information content (AvgIpc) is 2.62. The molecule has 15 heavy (non-hydrogen) atoms. The highest BCUT2D eigenvalue weighted by atomic mass is 15.3. The molecule has 4 heteroatoms. The molecule has 2 N–H and O–H groups in total. The Morgan fingerprint density at radius 1 is 1.27 bits per heavy atom. The predicted molar refractivity (Wildman–Crippen MR) is 60.3 cm³/mol. The van der Waals surface area contributed by atoms with Gasteiger partial charge in [-0.05, 0) is 26.0 Å². The van der Waals surface area contributed by atoms with E-state index in [-0.39, 0.29) is 6.04 Å². The molecule has 0 saturated heterocycles. The Labute approximate surface area is 88.8 Å². The van der Waals surface area contributed by atoms with Crippen LogP contribution in [0.2, 0.25) is 0 Å². The highest BCUT2D eigenvalue weighted by Gasteiger charge is 2.08. The SMILES string of the molecule is CC(C)n1nc(-c2ccncc2)cc1N. The van der Waals surface area contributed by atoms with Gasteiger partial charge in [-0.2, -0.15) is 5.10 Å². The average molecular weight is 202 g/mol. The van der Waals surface area contributed by atoms with Crippen molar-refractivity contribution < 1.29 is 0 Å². The number of nitrogens with two attached hydrogens (primary N) is 1. The van der Waals surface area contributed by atoms with Crippen LogP contribution in [0.3, 0.4) is 0 Å². The molecule has 0 atom stereocenters. The molecule has 0 saturated carbocycles. The number of rotatable bonds is 2. The van der Waals surface area contributed by atoms with Gasteiger partial charge in [0, 0.05) is 30.1 Å². The summed E-state index contributed by atoms with van der Waals surface area (Å²) in [4.78, 5) is 3.97. The molecule has 2 aromatic heterocycles. The van der Waals surface area contributed by atoms with Crippen LogP contribution in [-0.4, -0.2) is 14.8 Å². The Morgan fingerprint density at radius 2 is 1.93 bits per heavy atom. The fourth-order valence-corrected chi connectivity index (χ4v) is 1.49. The highest BCUT2D eigenvalue weighted by Crippen LogP contribution is 2.21. The molecule has 0 aliphatic heterocycles. The maximum Gasteiger partial charge on any atom is 0.122 e. The van der Waals surface area contributed by atoms with Crippen LogP contribution in [0.1, 0.15) is 19.9 Å². The lowest BCUT2D eigenvalue weighted by molar-refractivity contribution is 0.542. The molecule has 0 fully saturated rings. The van der Waals surface area contributed by atoms with Crippen molar-refractivity contribution in [1.82, 2.24) is 14.8 Å². The maximum atomic E-state index is 5.86. The van der Waals surface area contributed by atoms with E-state index < -0.39 is 0 Å². The minimum absolute atomic E-state index is 0.278. The van der Waals surface area contributed by atoms with Crippen LogP contribution in [0.25, 0.3) is 11.3 Å². The fourth-order valence-electron chi connectivity index (χ4n) is 1.49. The van der Waals surface area contributed by atoms with Gasteiger partial charge in [-0.25, -0.2) is 4.68 Å². The van der Waals surface area contributed by atoms with Gasteiger partial charge < -0.3 is 5.73 Å². The third kappa shape index (κ3) is 1.83. The summed E-state index contributed by atoms with van der Waals surface area (Å²) < 4.78 is 1.82. The van der Waals surface area contributed by atoms with Gasteiger partial charge >= 0.3 is 0 Å². The normalized spacial score (nSPS) is 10.9. The summed E-state index contributed by atoms with van der Waals surface area (Å²) in [6.45, 7) is 4.11. The zero-order chi connectivity index (χ0) is 10.8. The van der Waals surface area contributed by atoms with Gasteiger partial charge in [0.05, 0.1) is 5.69 Å². The van der Waals surface area contributed by atoms with Crippen LogP contribution in [0.4, 0.5) is 5.82 Å². The Kier molecular flexibility index (Phi) is 2.41. The largest absolute Gasteiger partial charge is 0.384 e. The molecule has 78 valence electrons. The highest BCUT2D eigenvalue weighted by molar-refractivity contribution is 5.61. The second kappa shape index (κ2) is 3.73. The molecule has 2 heterocycles. The Balaban J connectivity index is 2.43. The van der Waals surface area contributed by atoms with Crippen LogP contribution in [0, 0.1) is 0 Å². The van der Waals surface area contributed by atoms with Gasteiger partial charge in [-0.3, -0.25) is 4.98 Å². The van der Waals surface area contributed by atoms with Crippen molar-refractivity contribution in [2.75, 3.05) is 5.73 Å². The Morgan fingerprint density at radius 3 is 2.47 bits per heavy atom. The smallest absolute Gasteiger partial charge is 0.122 e. The molecular weight excluding hydrogens is 188 g/mol. The number of anilines is 1. The first-order valence-corrected chi connectivity index (χ1v) is 4.94. The van der Waals surface area contributed by atoms with Gasteiger partial charge in [-0.1, -0.05) is 0 Å². The summed E-state index contributed by atoms with van der Waals surface area (Å²) in [7, 11) is 0. The molecule has 2 rings (SSSR count). The van der Waals surface area contributed by atoms with E-state index in [1.165, 1.54) is 0 Å². The third-order valence-corrected chi connectivity index (χ3v) is 2.23. The lowest BCUT2D eigenvalue weighted by atomic mass is 10.2. The molecule has 0 aliphatic carbocycles. The van der Waals surface area contributed by atoms with Gasteiger partial charge in [0.2, 0.25) is 0 Å². The van der Waals surface area contributed by atoms with Crippen molar-refractivity contribution in [2.24, 2.45) is 0 Å². The second-order valence-electron chi connectivity index (χ2n) is 3.73. The minimum Gasteiger partial charge on any atom is -0.384 e. The van der Waals surface area contributed by atoms with E-state index in [2.05, 4.69) is 23.9 Å². The fraction of sp³-hybridized carbons (Fsp3) is 0.273. The van der Waals surface area contributed by atoms with Crippen molar-refractivity contribution in [3.8, 4) is 11.3 Å². The van der Waals surface area contributed by atoms with Gasteiger partial charge in [0.15, 0.2) is 0 Å². The maximum absolute atomic E-state index is 5.86. The minimum atomic E-state index is 0.278. The third-order valence-electron chi connectivity index (χ3n) is 2.23. The molecule has 0 bridgehead atoms. The first-order valence-electron chi connectivity index (χ1n) is 4.94. The summed E-state index contributed by atoms with van der Waals surface area (Å²) in [5, 5.41) is 4.44. The molecule has 0 aromatic carbocycles. The second-order valence-corrected chi connectivity index (χ2v) is 3.73. The van der Waals surface area contributed by atoms with Crippen molar-refractivity contribution in [2.45, 2.75) is 19.9 Å². The topological polar surface area (TPSA) is 56.7 Å². The predicted octanol–water partition coefficient (Wildman–Crippen LogP) is 2.11. The Bertz CT molecular complexity index is 445. The molecule has 4 nitrogen and oxygen atoms in total. The van der Waals surface area contributed by atoms with Gasteiger partial charge in [0.25, 0.3) is 0 Å². The quantitative estimate of drug-likeness (QED) is 0.811. The van der Waals surface area contributed by atoms with Crippen molar-refractivity contribution in [3.63, 3.8) is 0 Å². The Hall–Kier alpha value is -1.84. The molecule has 0 spiro atoms. The number of pyridine rings is 1. The van der Waals surface area contributed by atoms with E-state index >= 15 is 0 Å². The van der Waals surface area contributed by atoms with Gasteiger partial charge in [-0.15, -0.1) is 0 Å². The van der Waals surface area contributed by atoms with Crippen molar-refractivity contribution >= 4 is 5.82 Å². The standard InChI is InChI=1S/C11H14N4/c1-8(2)15-11(12)7-10(14-15)9-3-5-13-6-4-9/h3-8H,12H2,1-2H3. The molecule has 2 aromatic rings. The molecule has 0 amide bonds. The van der Waals surface area contributed by atoms with E-state index in [9.17, 15) is 0 Å². The first kappa shape index (κ1) is 9.71. The lowest BCUT2D eigenvalue weighted by Gasteiger charge is -2.06. The van der Waals surface area contributed by atoms with E-state index in [1.54, 1.807) is 12.4 Å². The summed E-state index contributed by atoms with van der Waals surface area (Å²) in [5.41, 5.74) is 7.79. The van der Waals surface area contributed by atoms with Crippen LogP contribution in [0.5, 0.6) is 0 Å². The van der Waals surface area contributed by atoms with Crippen molar-refractivity contribution in [3.05, 3.63) is 30.6 Å². The van der Waals surface area contributed by atoms with Crippen LogP contribution < -0.4 is 5.73 Å². The number of hydrogen-bond acceptors (Lipinski definition) is 3. The van der Waals surface area contributed by atoms with E-state index in [0.717, 1.165) is 11.3 Å². The van der Waals surface area contributed by atoms with E-state index in [1.807, 2.05) is 22.9 Å². The zero-order valence-electron chi connectivity index (χ0n) is 8.88. The first-order chi connectivity index (χ1) is 7.18. The number of nitrogen functional groups attached to an aromatic ring is 1. The number of nitrogens with zero attached hydrogens (tertiary/aromatic N) is 3. The van der Waals surface area contributed by atoms with Crippen LogP contribution in [0.15, 0.2) is 30.6 Å². The molecule has 0 aliphatic rings. The summed E-state index contributed by atoms with van der Waals surface area (Å²) >= 11 is 0. The van der Waals surface area contributed by atoms with Gasteiger partial charge in [0.1, 0.15) is 5.82 Å². The lowest BCUT2D eigenvalue weighted by Crippen LogP contribution is -2.06. The number of aromatic nitrogens is 3. The van der Waals surface area contributed by atoms with Crippen LogP contribution >= 0.6 is 0 Å². The summed E-state index contributed by atoms with van der Waals surface area (Å²) in [5.74, 6) is 0.691. The van der Waals surface area contributed by atoms with Crippen LogP contribution in [-0.2, 0) is 0 Å². The zero-order valence-corrected chi connectivity index (χ0v) is 8.88. The molecule has 0 unspecified atom stereocenters. The molecular formula is C11H14N4. The summed E-state index contributed by atoms with van der Waals surface area (Å²) in [6.07, 6.45) is 3.50. The molecule has 0 radical (unpaired) electrons. The summed E-state index contributed by atoms with van der Waals surface area (Å²) in [6, 6.07) is 6.01. The van der Waals surface area contributed by atoms with E-state index in [4.69, 9.17) is 5.73 Å². The monoisotopic (exact) mass is 202 g/mol. The van der Waals surface area contributed by atoms with E-state index in [0.29, 0.717) is 5.82 Å².